The molecule has 0 radical (unpaired) electrons. The van der Waals surface area contributed by atoms with Crippen LogP contribution in [-0.2, 0) is 16.6 Å². The molecule has 0 fully saturated rings. The van der Waals surface area contributed by atoms with Gasteiger partial charge < -0.3 is 4.57 Å². The van der Waals surface area contributed by atoms with Crippen LogP contribution >= 0.6 is 11.6 Å². The molecule has 0 aliphatic rings. The van der Waals surface area contributed by atoms with Gasteiger partial charge in [-0.2, -0.15) is 0 Å². The van der Waals surface area contributed by atoms with Crippen LogP contribution in [-0.4, -0.2) is 23.8 Å². The molecule has 8 heteroatoms. The lowest BCUT2D eigenvalue weighted by Gasteiger charge is -2.12. The molecule has 0 spiro atoms. The number of rotatable bonds is 6. The molecule has 0 aliphatic carbocycles. The zero-order valence-corrected chi connectivity index (χ0v) is 18.8. The van der Waals surface area contributed by atoms with Crippen molar-refractivity contribution < 1.29 is 13.2 Å². The van der Waals surface area contributed by atoms with Crippen LogP contribution in [0.3, 0.4) is 0 Å². The predicted molar refractivity (Wildman–Crippen MR) is 125 cm³/mol. The van der Waals surface area contributed by atoms with E-state index in [9.17, 15) is 13.2 Å². The third-order valence-corrected chi connectivity index (χ3v) is 6.32. The van der Waals surface area contributed by atoms with Crippen LogP contribution in [0, 0.1) is 0 Å². The van der Waals surface area contributed by atoms with Gasteiger partial charge in [-0.1, -0.05) is 84.4 Å². The molecule has 0 unspecified atom stereocenters. The minimum absolute atomic E-state index is 0.0689. The lowest BCUT2D eigenvalue weighted by molar-refractivity contribution is 0.100. The van der Waals surface area contributed by atoms with E-state index < -0.39 is 10.0 Å². The number of nitrogens with two attached hydrogens (primary N) is 1. The van der Waals surface area contributed by atoms with Crippen molar-refractivity contribution in [1.29, 1.82) is 0 Å². The number of hydrogen-bond donors (Lipinski definition) is 1. The molecule has 1 aromatic heterocycles. The number of carbonyl (C=O) groups is 1. The number of aromatic nitrogens is 2. The highest BCUT2D eigenvalue weighted by molar-refractivity contribution is 7.89. The summed E-state index contributed by atoms with van der Waals surface area (Å²) in [7, 11) is -3.85. The van der Waals surface area contributed by atoms with Crippen LogP contribution in [0.5, 0.6) is 0 Å². The second kappa shape index (κ2) is 8.70. The normalized spacial score (nSPS) is 11.5. The molecule has 1 heterocycles. The lowest BCUT2D eigenvalue weighted by atomic mass is 10.0. The Morgan fingerprint density at radius 3 is 2.19 bits per heavy atom. The van der Waals surface area contributed by atoms with Gasteiger partial charge in [0.15, 0.2) is 10.9 Å². The zero-order valence-electron chi connectivity index (χ0n) is 17.2. The first-order valence-electron chi connectivity index (χ1n) is 9.79. The first kappa shape index (κ1) is 22.0. The smallest absolute Gasteiger partial charge is 0.238 e. The molecule has 0 aliphatic heterocycles. The summed E-state index contributed by atoms with van der Waals surface area (Å²) in [5, 5.41) is 5.53. The van der Waals surface area contributed by atoms with E-state index in [2.05, 4.69) is 4.98 Å². The van der Waals surface area contributed by atoms with Crippen LogP contribution in [0.2, 0.25) is 5.15 Å². The number of Topliss-reactive ketones (excluding diaryl/α,β-unsaturated/α-hetero) is 1. The SMILES string of the molecule is CC(=O)c1c(Cl)nc(-c2ccccc2)n1Cc1ccc(-c2ccccc2S(N)(=O)=O)cc1. The van der Waals surface area contributed by atoms with Gasteiger partial charge in [-0.25, -0.2) is 18.5 Å². The van der Waals surface area contributed by atoms with Gasteiger partial charge in [0, 0.05) is 24.6 Å². The summed E-state index contributed by atoms with van der Waals surface area (Å²) < 4.78 is 25.7. The monoisotopic (exact) mass is 465 g/mol. The average molecular weight is 466 g/mol. The number of hydrogen-bond acceptors (Lipinski definition) is 4. The summed E-state index contributed by atoms with van der Waals surface area (Å²) >= 11 is 6.31. The van der Waals surface area contributed by atoms with Crippen molar-refractivity contribution in [2.75, 3.05) is 0 Å². The minimum Gasteiger partial charge on any atom is -0.316 e. The quantitative estimate of drug-likeness (QED) is 0.415. The van der Waals surface area contributed by atoms with Crippen LogP contribution < -0.4 is 5.14 Å². The molecular formula is C24H20ClN3O3S. The summed E-state index contributed by atoms with van der Waals surface area (Å²) in [5.74, 6) is 0.424. The number of nitrogens with zero attached hydrogens (tertiary/aromatic N) is 2. The summed E-state index contributed by atoms with van der Waals surface area (Å²) in [6, 6.07) is 23.5. The van der Waals surface area contributed by atoms with E-state index in [-0.39, 0.29) is 15.8 Å². The van der Waals surface area contributed by atoms with Gasteiger partial charge in [0.05, 0.1) is 4.90 Å². The maximum Gasteiger partial charge on any atom is 0.238 e. The zero-order chi connectivity index (χ0) is 22.9. The van der Waals surface area contributed by atoms with Crippen molar-refractivity contribution in [2.24, 2.45) is 5.14 Å². The fourth-order valence-corrected chi connectivity index (χ4v) is 4.72. The Labute approximate surface area is 191 Å². The molecule has 2 N–H and O–H groups in total. The molecule has 0 bridgehead atoms. The van der Waals surface area contributed by atoms with Gasteiger partial charge in [-0.3, -0.25) is 4.79 Å². The second-order valence-electron chi connectivity index (χ2n) is 7.32. The number of sulfonamides is 1. The Morgan fingerprint density at radius 2 is 1.56 bits per heavy atom. The van der Waals surface area contributed by atoms with Crippen molar-refractivity contribution in [3.8, 4) is 22.5 Å². The third kappa shape index (κ3) is 4.36. The molecular weight excluding hydrogens is 446 g/mol. The van der Waals surface area contributed by atoms with Gasteiger partial charge in [0.25, 0.3) is 0 Å². The average Bonchev–Trinajstić information content (AvgIpc) is 3.10. The highest BCUT2D eigenvalue weighted by Gasteiger charge is 2.21. The fraction of sp³-hybridized carbons (Fsp3) is 0.0833. The van der Waals surface area contributed by atoms with Crippen LogP contribution in [0.25, 0.3) is 22.5 Å². The van der Waals surface area contributed by atoms with Gasteiger partial charge in [0.1, 0.15) is 11.5 Å². The molecule has 4 aromatic rings. The molecule has 162 valence electrons. The third-order valence-electron chi connectivity index (χ3n) is 5.09. The summed E-state index contributed by atoms with van der Waals surface area (Å²) in [5.41, 5.74) is 3.34. The number of ketones is 1. The van der Waals surface area contributed by atoms with E-state index in [1.54, 1.807) is 22.8 Å². The molecule has 6 nitrogen and oxygen atoms in total. The predicted octanol–water partition coefficient (Wildman–Crippen LogP) is 4.77. The number of benzene rings is 3. The molecule has 4 rings (SSSR count). The Balaban J connectivity index is 1.74. The van der Waals surface area contributed by atoms with Gasteiger partial charge in [0.2, 0.25) is 10.0 Å². The van der Waals surface area contributed by atoms with Crippen LogP contribution in [0.15, 0.2) is 83.8 Å². The molecule has 0 amide bonds. The number of imidazole rings is 1. The van der Waals surface area contributed by atoms with E-state index >= 15 is 0 Å². The molecule has 0 atom stereocenters. The molecule has 3 aromatic carbocycles. The summed E-state index contributed by atoms with van der Waals surface area (Å²) in [6.45, 7) is 1.83. The fourth-order valence-electron chi connectivity index (χ4n) is 3.65. The highest BCUT2D eigenvalue weighted by Crippen LogP contribution is 2.29. The van der Waals surface area contributed by atoms with E-state index in [0.29, 0.717) is 23.6 Å². The van der Waals surface area contributed by atoms with Gasteiger partial charge in [-0.05, 0) is 17.2 Å². The topological polar surface area (TPSA) is 95.0 Å². The Morgan fingerprint density at radius 1 is 0.938 bits per heavy atom. The van der Waals surface area contributed by atoms with E-state index in [1.807, 2.05) is 54.6 Å². The van der Waals surface area contributed by atoms with E-state index in [4.69, 9.17) is 16.7 Å². The summed E-state index contributed by atoms with van der Waals surface area (Å²) in [4.78, 5) is 16.8. The number of halogens is 1. The lowest BCUT2D eigenvalue weighted by Crippen LogP contribution is -2.13. The van der Waals surface area contributed by atoms with Crippen molar-refractivity contribution in [2.45, 2.75) is 18.4 Å². The molecule has 0 saturated heterocycles. The maximum absolute atomic E-state index is 12.3. The Kier molecular flexibility index (Phi) is 5.97. The van der Waals surface area contributed by atoms with Crippen molar-refractivity contribution in [3.05, 3.63) is 95.3 Å². The largest absolute Gasteiger partial charge is 0.316 e. The second-order valence-corrected chi connectivity index (χ2v) is 9.21. The number of primary sulfonamides is 1. The van der Waals surface area contributed by atoms with E-state index in [0.717, 1.165) is 16.7 Å². The first-order valence-corrected chi connectivity index (χ1v) is 11.7. The maximum atomic E-state index is 12.3. The highest BCUT2D eigenvalue weighted by atomic mass is 35.5. The Hall–Kier alpha value is -3.26. The van der Waals surface area contributed by atoms with E-state index in [1.165, 1.54) is 13.0 Å². The first-order chi connectivity index (χ1) is 15.3. The van der Waals surface area contributed by atoms with Gasteiger partial charge in [-0.15, -0.1) is 0 Å². The molecule has 32 heavy (non-hydrogen) atoms. The minimum atomic E-state index is -3.85. The van der Waals surface area contributed by atoms with Crippen molar-refractivity contribution in [1.82, 2.24) is 9.55 Å². The molecule has 0 saturated carbocycles. The van der Waals surface area contributed by atoms with Crippen molar-refractivity contribution in [3.63, 3.8) is 0 Å². The van der Waals surface area contributed by atoms with Gasteiger partial charge >= 0.3 is 0 Å². The standard InChI is InChI=1S/C24H20ClN3O3S/c1-16(29)22-23(25)27-24(19-7-3-2-4-8-19)28(22)15-17-11-13-18(14-12-17)20-9-5-6-10-21(20)32(26,30)31/h2-14H,15H2,1H3,(H2,26,30,31). The van der Waals surface area contributed by atoms with Crippen LogP contribution in [0.1, 0.15) is 23.0 Å². The summed E-state index contributed by atoms with van der Waals surface area (Å²) in [6.07, 6.45) is 0. The Bertz CT molecular complexity index is 1400. The number of carbonyl (C=O) groups excluding carboxylic acids is 1. The van der Waals surface area contributed by atoms with Crippen LogP contribution in [0.4, 0.5) is 0 Å². The van der Waals surface area contributed by atoms with Crippen molar-refractivity contribution >= 4 is 27.4 Å².